The van der Waals surface area contributed by atoms with Crippen molar-refractivity contribution < 1.29 is 33.4 Å². The number of benzene rings is 2. The van der Waals surface area contributed by atoms with Crippen LogP contribution in [-0.4, -0.2) is 46.9 Å². The number of carbonyl (C=O) groups is 4. The molecule has 1 unspecified atom stereocenters. The maximum atomic E-state index is 13.3. The molecule has 0 heterocycles. The Morgan fingerprint density at radius 3 is 1.93 bits per heavy atom. The second kappa shape index (κ2) is 14.6. The predicted molar refractivity (Wildman–Crippen MR) is 176 cm³/mol. The minimum Gasteiger partial charge on any atom is -0.462 e. The fourth-order valence-electron chi connectivity index (χ4n) is 3.68. The van der Waals surface area contributed by atoms with Crippen LogP contribution in [0.1, 0.15) is 80.4 Å². The molecule has 0 fully saturated rings. The zero-order chi connectivity index (χ0) is 34.4. The molecule has 2 aromatic rings. The third-order valence-electron chi connectivity index (χ3n) is 5.88. The summed E-state index contributed by atoms with van der Waals surface area (Å²) >= 11 is 7.12. The van der Waals surface area contributed by atoms with Crippen molar-refractivity contribution in [2.24, 2.45) is 5.41 Å². The smallest absolute Gasteiger partial charge is 0.420 e. The number of ether oxygens (including phenoxy) is 3. The molecule has 0 aliphatic heterocycles. The second-order valence-corrected chi connectivity index (χ2v) is 15.0. The van der Waals surface area contributed by atoms with Gasteiger partial charge in [0.05, 0.1) is 22.4 Å². The highest BCUT2D eigenvalue weighted by Gasteiger charge is 2.34. The summed E-state index contributed by atoms with van der Waals surface area (Å²) in [5.74, 6) is -0.437. The molecule has 11 nitrogen and oxygen atoms in total. The number of urea groups is 1. The lowest BCUT2D eigenvalue weighted by Gasteiger charge is -2.32. The molecule has 2 rings (SSSR count). The lowest BCUT2D eigenvalue weighted by atomic mass is 9.92. The number of esters is 1. The monoisotopic (exact) mass is 664 g/mol. The van der Waals surface area contributed by atoms with E-state index < -0.39 is 46.3 Å². The minimum atomic E-state index is -1.16. The Labute approximate surface area is 275 Å². The fourth-order valence-corrected chi connectivity index (χ4v) is 4.57. The number of halogens is 1. The first-order valence-electron chi connectivity index (χ1n) is 14.3. The zero-order valence-corrected chi connectivity index (χ0v) is 29.2. The van der Waals surface area contributed by atoms with Gasteiger partial charge in [0.2, 0.25) is 0 Å². The van der Waals surface area contributed by atoms with Crippen LogP contribution < -0.4 is 15.8 Å². The Morgan fingerprint density at radius 1 is 0.867 bits per heavy atom. The number of amides is 4. The Balaban J connectivity index is 2.33. The van der Waals surface area contributed by atoms with Crippen molar-refractivity contribution in [1.29, 1.82) is 0 Å². The summed E-state index contributed by atoms with van der Waals surface area (Å²) in [6, 6.07) is 11.2. The maximum Gasteiger partial charge on any atom is 0.420 e. The molecule has 0 aliphatic rings. The molecule has 1 atom stereocenters. The average molecular weight is 665 g/mol. The van der Waals surface area contributed by atoms with Crippen molar-refractivity contribution in [3.63, 3.8) is 0 Å². The largest absolute Gasteiger partial charge is 0.462 e. The highest BCUT2D eigenvalue weighted by atomic mass is 35.5. The molecule has 0 aliphatic carbocycles. The van der Waals surface area contributed by atoms with Crippen LogP contribution in [0.25, 0.3) is 0 Å². The summed E-state index contributed by atoms with van der Waals surface area (Å²) in [6.45, 7) is 16.6. The van der Waals surface area contributed by atoms with Crippen LogP contribution in [0.5, 0.6) is 0 Å². The van der Waals surface area contributed by atoms with Gasteiger partial charge in [0.25, 0.3) is 0 Å². The second-order valence-electron chi connectivity index (χ2n) is 13.7. The summed E-state index contributed by atoms with van der Waals surface area (Å²) in [5, 5.41) is 3.32. The molecule has 4 amide bonds. The number of carbonyl (C=O) groups excluding carboxylic acids is 4. The van der Waals surface area contributed by atoms with E-state index in [-0.39, 0.29) is 13.2 Å². The minimum absolute atomic E-state index is 0.166. The third kappa shape index (κ3) is 12.0. The summed E-state index contributed by atoms with van der Waals surface area (Å²) in [6.07, 6.45) is -1.80. The van der Waals surface area contributed by atoms with E-state index in [9.17, 15) is 19.2 Å². The average Bonchev–Trinajstić information content (AvgIpc) is 2.87. The van der Waals surface area contributed by atoms with Crippen LogP contribution in [0.2, 0.25) is 5.02 Å². The van der Waals surface area contributed by atoms with Crippen molar-refractivity contribution in [2.75, 3.05) is 12.3 Å². The number of nitrogens with zero attached hydrogens (tertiary/aromatic N) is 1. The predicted octanol–water partition coefficient (Wildman–Crippen LogP) is 7.41. The molecule has 248 valence electrons. The van der Waals surface area contributed by atoms with Crippen molar-refractivity contribution >= 4 is 53.4 Å². The molecule has 0 saturated carbocycles. The molecule has 0 bridgehead atoms. The van der Waals surface area contributed by atoms with E-state index in [0.717, 1.165) is 16.8 Å². The number of nitrogen functional groups attached to an aromatic ring is 1. The summed E-state index contributed by atoms with van der Waals surface area (Å²) in [5.41, 5.74) is 3.98. The Bertz CT molecular complexity index is 1370. The van der Waals surface area contributed by atoms with Crippen molar-refractivity contribution in [3.05, 3.63) is 58.6 Å². The zero-order valence-electron chi connectivity index (χ0n) is 27.6. The molecule has 0 aromatic heterocycles. The van der Waals surface area contributed by atoms with Gasteiger partial charge in [-0.25, -0.2) is 19.3 Å². The van der Waals surface area contributed by atoms with Crippen LogP contribution in [-0.2, 0) is 31.1 Å². The molecular formula is C32H45ClN4O7S. The normalized spacial score (nSPS) is 13.2. The van der Waals surface area contributed by atoms with Crippen LogP contribution in [0.3, 0.4) is 0 Å². The van der Waals surface area contributed by atoms with Gasteiger partial charge in [0.15, 0.2) is 0 Å². The Hall–Kier alpha value is -3.64. The van der Waals surface area contributed by atoms with Gasteiger partial charge in [0, 0.05) is 10.7 Å². The Kier molecular flexibility index (Phi) is 12.2. The molecule has 45 heavy (non-hydrogen) atoms. The first-order valence-corrected chi connectivity index (χ1v) is 15.5. The lowest BCUT2D eigenvalue weighted by Crippen LogP contribution is -2.50. The molecular weight excluding hydrogens is 620 g/mol. The van der Waals surface area contributed by atoms with Crippen LogP contribution >= 0.6 is 23.5 Å². The molecule has 0 radical (unpaired) electrons. The number of nitrogens with one attached hydrogen (secondary N) is 2. The van der Waals surface area contributed by atoms with E-state index >= 15 is 0 Å². The van der Waals surface area contributed by atoms with Gasteiger partial charge in [-0.05, 0) is 111 Å². The first kappa shape index (κ1) is 37.5. The summed E-state index contributed by atoms with van der Waals surface area (Å²) < 4.78 is 19.2. The van der Waals surface area contributed by atoms with Crippen molar-refractivity contribution in [2.45, 2.75) is 97.4 Å². The topological polar surface area (TPSA) is 149 Å². The first-order chi connectivity index (χ1) is 20.5. The number of hydrogen-bond acceptors (Lipinski definition) is 9. The highest BCUT2D eigenvalue weighted by Crippen LogP contribution is 2.30. The highest BCUT2D eigenvalue weighted by molar-refractivity contribution is 7.98. The van der Waals surface area contributed by atoms with Gasteiger partial charge in [-0.1, -0.05) is 35.9 Å². The van der Waals surface area contributed by atoms with Gasteiger partial charge in [0.1, 0.15) is 17.8 Å². The van der Waals surface area contributed by atoms with E-state index in [0.29, 0.717) is 26.7 Å². The SMILES string of the molecule is CC(C)(C)OC(=O)N(Cc1cccc(N)c1SNC(=O)NC(C)(COC(=O)C(C)(C)C)c1cccc(Cl)c1)C(=O)OC(C)(C)C. The van der Waals surface area contributed by atoms with E-state index in [2.05, 4.69) is 10.0 Å². The number of anilines is 1. The molecule has 0 spiro atoms. The van der Waals surface area contributed by atoms with Gasteiger partial charge >= 0.3 is 24.2 Å². The van der Waals surface area contributed by atoms with E-state index in [1.807, 2.05) is 0 Å². The quantitative estimate of drug-likeness (QED) is 0.113. The number of nitrogens with two attached hydrogens (primary N) is 1. The van der Waals surface area contributed by atoms with Gasteiger partial charge in [-0.3, -0.25) is 9.52 Å². The molecule has 2 aromatic carbocycles. The van der Waals surface area contributed by atoms with E-state index in [4.69, 9.17) is 31.5 Å². The van der Waals surface area contributed by atoms with Crippen LogP contribution in [0.4, 0.5) is 20.1 Å². The van der Waals surface area contributed by atoms with Gasteiger partial charge < -0.3 is 25.3 Å². The fraction of sp³-hybridized carbons (Fsp3) is 0.500. The number of rotatable bonds is 8. The van der Waals surface area contributed by atoms with Gasteiger partial charge in [-0.15, -0.1) is 0 Å². The van der Waals surface area contributed by atoms with E-state index in [1.54, 1.807) is 112 Å². The van der Waals surface area contributed by atoms with Crippen molar-refractivity contribution in [3.8, 4) is 0 Å². The maximum absolute atomic E-state index is 13.3. The number of imide groups is 1. The molecule has 4 N–H and O–H groups in total. The third-order valence-corrected chi connectivity index (χ3v) is 7.11. The standard InChI is InChI=1S/C32H45ClN4O7S/c1-29(2,3)25(38)42-19-32(10,21-14-12-15-22(33)17-21)35-26(39)36-45-24-20(13-11-16-23(24)34)18-37(27(40)43-30(4,5)6)28(41)44-31(7,8)9/h11-17H,18-19,34H2,1-10H3,(H2,35,36,39). The molecule has 0 saturated heterocycles. The van der Waals surface area contributed by atoms with Crippen molar-refractivity contribution in [1.82, 2.24) is 14.9 Å². The number of hydrogen-bond donors (Lipinski definition) is 3. The van der Waals surface area contributed by atoms with Crippen LogP contribution in [0, 0.1) is 5.41 Å². The summed E-state index contributed by atoms with van der Waals surface area (Å²) in [4.78, 5) is 53.2. The molecule has 13 heteroatoms. The summed E-state index contributed by atoms with van der Waals surface area (Å²) in [7, 11) is 0. The lowest BCUT2D eigenvalue weighted by molar-refractivity contribution is -0.155. The van der Waals surface area contributed by atoms with Crippen LogP contribution in [0.15, 0.2) is 47.4 Å². The Morgan fingerprint density at radius 2 is 1.42 bits per heavy atom. The van der Waals surface area contributed by atoms with E-state index in [1.165, 1.54) is 0 Å². The van der Waals surface area contributed by atoms with Gasteiger partial charge in [-0.2, -0.15) is 0 Å².